The summed E-state index contributed by atoms with van der Waals surface area (Å²) in [6.45, 7) is 2.36. The number of rotatable bonds is 4. The second-order valence-electron chi connectivity index (χ2n) is 6.60. The molecule has 2 aromatic rings. The molecule has 1 fully saturated rings. The minimum atomic E-state index is 0.325. The topological polar surface area (TPSA) is 55.9 Å². The summed E-state index contributed by atoms with van der Waals surface area (Å²) >= 11 is 0. The van der Waals surface area contributed by atoms with E-state index in [2.05, 4.69) is 36.6 Å². The lowest BCUT2D eigenvalue weighted by atomic mass is 9.77. The van der Waals surface area contributed by atoms with Crippen LogP contribution in [0.25, 0.3) is 10.9 Å². The fourth-order valence-electron chi connectivity index (χ4n) is 3.86. The highest BCUT2D eigenvalue weighted by Gasteiger charge is 2.27. The van der Waals surface area contributed by atoms with Gasteiger partial charge in [-0.15, -0.1) is 0 Å². The van der Waals surface area contributed by atoms with Gasteiger partial charge in [-0.05, 0) is 30.7 Å². The summed E-state index contributed by atoms with van der Waals surface area (Å²) in [6.07, 6.45) is 6.16. The maximum atomic E-state index is 5.86. The smallest absolute Gasteiger partial charge is 0.0719 e. The minimum absolute atomic E-state index is 0.325. The first-order valence-electron chi connectivity index (χ1n) is 8.05. The lowest BCUT2D eigenvalue weighted by Gasteiger charge is -2.32. The van der Waals surface area contributed by atoms with E-state index in [0.29, 0.717) is 12.0 Å². The van der Waals surface area contributed by atoms with Crippen LogP contribution in [0, 0.1) is 11.8 Å². The average Bonchev–Trinajstić information content (AvgIpc) is 2.82. The monoisotopic (exact) mass is 286 g/mol. The number of benzene rings is 1. The first-order valence-corrected chi connectivity index (χ1v) is 8.05. The van der Waals surface area contributed by atoms with Crippen molar-refractivity contribution >= 4 is 10.9 Å². The van der Waals surface area contributed by atoms with Crippen LogP contribution in [0.5, 0.6) is 0 Å². The van der Waals surface area contributed by atoms with Gasteiger partial charge in [0.2, 0.25) is 0 Å². The predicted octanol–water partition coefficient (Wildman–Crippen LogP) is 2.77. The van der Waals surface area contributed by atoms with E-state index >= 15 is 0 Å². The van der Waals surface area contributed by atoms with Gasteiger partial charge in [-0.1, -0.05) is 38.0 Å². The second kappa shape index (κ2) is 6.16. The molecule has 1 aromatic carbocycles. The number of hydrazine groups is 1. The average molecular weight is 286 g/mol. The van der Waals surface area contributed by atoms with E-state index in [4.69, 9.17) is 10.9 Å². The highest BCUT2D eigenvalue weighted by atomic mass is 15.3. The standard InChI is InChI=1S/C17H26N4/c1-12-6-5-7-13(10-12)15(19-18)11-16-14-8-3-4-9-17(14)21(2)20-16/h3-4,8-9,12-13,15,19H,5-7,10-11,18H2,1-2H3. The van der Waals surface area contributed by atoms with Gasteiger partial charge in [0, 0.05) is 24.9 Å². The maximum absolute atomic E-state index is 5.86. The van der Waals surface area contributed by atoms with Crippen molar-refractivity contribution < 1.29 is 0 Å². The summed E-state index contributed by atoms with van der Waals surface area (Å²) in [5.74, 6) is 7.35. The number of hydrogen-bond donors (Lipinski definition) is 2. The Morgan fingerprint density at radius 2 is 2.19 bits per heavy atom. The summed E-state index contributed by atoms with van der Waals surface area (Å²) in [7, 11) is 2.01. The number of nitrogens with one attached hydrogen (secondary N) is 1. The Labute approximate surface area is 126 Å². The lowest BCUT2D eigenvalue weighted by Crippen LogP contribution is -2.44. The molecule has 0 saturated heterocycles. The molecule has 0 bridgehead atoms. The third-order valence-corrected chi connectivity index (χ3v) is 5.01. The molecule has 0 radical (unpaired) electrons. The molecule has 4 nitrogen and oxygen atoms in total. The van der Waals surface area contributed by atoms with Gasteiger partial charge in [0.15, 0.2) is 0 Å². The molecule has 1 heterocycles. The normalized spacial score (nSPS) is 24.3. The largest absolute Gasteiger partial charge is 0.271 e. The zero-order valence-corrected chi connectivity index (χ0v) is 13.0. The van der Waals surface area contributed by atoms with Crippen LogP contribution in [0.15, 0.2) is 24.3 Å². The van der Waals surface area contributed by atoms with Gasteiger partial charge in [-0.2, -0.15) is 5.10 Å². The van der Waals surface area contributed by atoms with Crippen LogP contribution in [0.4, 0.5) is 0 Å². The van der Waals surface area contributed by atoms with E-state index < -0.39 is 0 Å². The highest BCUT2D eigenvalue weighted by molar-refractivity contribution is 5.81. The van der Waals surface area contributed by atoms with Crippen LogP contribution >= 0.6 is 0 Å². The molecule has 0 spiro atoms. The number of aryl methyl sites for hydroxylation is 1. The molecule has 0 amide bonds. The first-order chi connectivity index (χ1) is 10.2. The molecule has 3 unspecified atom stereocenters. The van der Waals surface area contributed by atoms with Crippen LogP contribution in [-0.4, -0.2) is 15.8 Å². The summed E-state index contributed by atoms with van der Waals surface area (Å²) < 4.78 is 1.97. The molecular weight excluding hydrogens is 260 g/mol. The third kappa shape index (κ3) is 2.97. The van der Waals surface area contributed by atoms with Crippen molar-refractivity contribution in [2.75, 3.05) is 0 Å². The molecule has 3 N–H and O–H groups in total. The van der Waals surface area contributed by atoms with Crippen molar-refractivity contribution in [1.29, 1.82) is 0 Å². The number of hydrogen-bond acceptors (Lipinski definition) is 3. The summed E-state index contributed by atoms with van der Waals surface area (Å²) in [5, 5.41) is 5.97. The Balaban J connectivity index is 1.82. The Kier molecular flexibility index (Phi) is 4.27. The van der Waals surface area contributed by atoms with Crippen LogP contribution in [0.1, 0.15) is 38.3 Å². The zero-order valence-electron chi connectivity index (χ0n) is 13.0. The van der Waals surface area contributed by atoms with Gasteiger partial charge in [-0.3, -0.25) is 16.0 Å². The molecule has 114 valence electrons. The molecule has 0 aliphatic heterocycles. The van der Waals surface area contributed by atoms with Gasteiger partial charge < -0.3 is 0 Å². The lowest BCUT2D eigenvalue weighted by molar-refractivity contribution is 0.221. The van der Waals surface area contributed by atoms with Crippen LogP contribution in [0.3, 0.4) is 0 Å². The Morgan fingerprint density at radius 3 is 2.95 bits per heavy atom. The van der Waals surface area contributed by atoms with Crippen molar-refractivity contribution in [2.24, 2.45) is 24.7 Å². The van der Waals surface area contributed by atoms with Crippen LogP contribution in [-0.2, 0) is 13.5 Å². The Hall–Kier alpha value is -1.39. The SMILES string of the molecule is CC1CCCC(C(Cc2nn(C)c3ccccc23)NN)C1. The Bertz CT molecular complexity index is 604. The van der Waals surface area contributed by atoms with Gasteiger partial charge in [0.05, 0.1) is 11.2 Å². The van der Waals surface area contributed by atoms with E-state index in [0.717, 1.165) is 18.0 Å². The van der Waals surface area contributed by atoms with Gasteiger partial charge in [-0.25, -0.2) is 0 Å². The number of aromatic nitrogens is 2. The van der Waals surface area contributed by atoms with Gasteiger partial charge in [0.25, 0.3) is 0 Å². The summed E-state index contributed by atoms with van der Waals surface area (Å²) in [5.41, 5.74) is 5.42. The number of nitrogens with zero attached hydrogens (tertiary/aromatic N) is 2. The Morgan fingerprint density at radius 1 is 1.38 bits per heavy atom. The molecule has 4 heteroatoms. The van der Waals surface area contributed by atoms with Crippen LogP contribution in [0.2, 0.25) is 0 Å². The predicted molar refractivity (Wildman–Crippen MR) is 86.7 cm³/mol. The van der Waals surface area contributed by atoms with E-state index in [-0.39, 0.29) is 0 Å². The number of para-hydroxylation sites is 1. The number of nitrogens with two attached hydrogens (primary N) is 1. The minimum Gasteiger partial charge on any atom is -0.271 e. The van der Waals surface area contributed by atoms with Gasteiger partial charge >= 0.3 is 0 Å². The summed E-state index contributed by atoms with van der Waals surface area (Å²) in [4.78, 5) is 0. The first kappa shape index (κ1) is 14.5. The zero-order chi connectivity index (χ0) is 14.8. The molecule has 1 saturated carbocycles. The van der Waals surface area contributed by atoms with Crippen LogP contribution < -0.4 is 11.3 Å². The maximum Gasteiger partial charge on any atom is 0.0719 e. The molecule has 1 aliphatic carbocycles. The molecule has 3 rings (SSSR count). The van der Waals surface area contributed by atoms with Gasteiger partial charge in [0.1, 0.15) is 0 Å². The number of fused-ring (bicyclic) bond motifs is 1. The van der Waals surface area contributed by atoms with Crippen molar-refractivity contribution in [3.8, 4) is 0 Å². The fraction of sp³-hybridized carbons (Fsp3) is 0.588. The second-order valence-corrected chi connectivity index (χ2v) is 6.60. The van der Waals surface area contributed by atoms with E-state index in [1.807, 2.05) is 11.7 Å². The van der Waals surface area contributed by atoms with Crippen molar-refractivity contribution in [2.45, 2.75) is 45.1 Å². The van der Waals surface area contributed by atoms with E-state index in [1.165, 1.54) is 36.6 Å². The quantitative estimate of drug-likeness (QED) is 0.671. The summed E-state index contributed by atoms with van der Waals surface area (Å²) in [6, 6.07) is 8.76. The molecular formula is C17H26N4. The molecule has 1 aliphatic rings. The highest BCUT2D eigenvalue weighted by Crippen LogP contribution is 2.32. The van der Waals surface area contributed by atoms with Crippen molar-refractivity contribution in [1.82, 2.24) is 15.2 Å². The molecule has 21 heavy (non-hydrogen) atoms. The van der Waals surface area contributed by atoms with E-state index in [1.54, 1.807) is 0 Å². The fourth-order valence-corrected chi connectivity index (χ4v) is 3.86. The van der Waals surface area contributed by atoms with Crippen molar-refractivity contribution in [3.63, 3.8) is 0 Å². The van der Waals surface area contributed by atoms with E-state index in [9.17, 15) is 0 Å². The molecule has 3 atom stereocenters. The third-order valence-electron chi connectivity index (χ3n) is 5.01. The molecule has 1 aromatic heterocycles. The van der Waals surface area contributed by atoms with Crippen molar-refractivity contribution in [3.05, 3.63) is 30.0 Å².